The van der Waals surface area contributed by atoms with Crippen LogP contribution in [0.2, 0.25) is 0 Å². The molecular formula is C25H28N2O3. The smallest absolute Gasteiger partial charge is 0.253 e. The average Bonchev–Trinajstić information content (AvgIpc) is 2.75. The van der Waals surface area contributed by atoms with Crippen LogP contribution in [0.5, 0.6) is 5.75 Å². The first kappa shape index (κ1) is 20.4. The zero-order chi connectivity index (χ0) is 21.1. The molecule has 0 aliphatic carbocycles. The molecule has 4 rings (SSSR count). The first-order valence-corrected chi connectivity index (χ1v) is 10.6. The molecule has 2 heterocycles. The SMILES string of the molecule is CC(C)Cc1ccc(C(=O)N2CC[C@@H](Oc3cccc4cnccc34)[C@H](O)C2)cc1. The lowest BCUT2D eigenvalue weighted by Gasteiger charge is -2.36. The second-order valence-corrected chi connectivity index (χ2v) is 8.41. The van der Waals surface area contributed by atoms with Crippen molar-refractivity contribution in [3.05, 3.63) is 72.1 Å². The Hall–Kier alpha value is -2.92. The molecule has 2 atom stereocenters. The molecule has 156 valence electrons. The molecule has 0 saturated carbocycles. The molecule has 0 bridgehead atoms. The van der Waals surface area contributed by atoms with Crippen molar-refractivity contribution in [1.82, 2.24) is 9.88 Å². The van der Waals surface area contributed by atoms with E-state index in [4.69, 9.17) is 4.74 Å². The van der Waals surface area contributed by atoms with Crippen LogP contribution < -0.4 is 4.74 Å². The molecule has 0 radical (unpaired) electrons. The lowest BCUT2D eigenvalue weighted by molar-refractivity contribution is -0.0193. The molecule has 0 unspecified atom stereocenters. The maximum Gasteiger partial charge on any atom is 0.253 e. The van der Waals surface area contributed by atoms with E-state index in [1.54, 1.807) is 17.3 Å². The predicted octanol–water partition coefficient (Wildman–Crippen LogP) is 4.09. The Morgan fingerprint density at radius 1 is 1.20 bits per heavy atom. The number of pyridine rings is 1. The topological polar surface area (TPSA) is 62.7 Å². The minimum atomic E-state index is -0.736. The number of aliphatic hydroxyl groups excluding tert-OH is 1. The fraction of sp³-hybridized carbons (Fsp3) is 0.360. The molecule has 1 aliphatic rings. The summed E-state index contributed by atoms with van der Waals surface area (Å²) < 4.78 is 6.15. The van der Waals surface area contributed by atoms with Crippen LogP contribution in [0.15, 0.2) is 60.9 Å². The summed E-state index contributed by atoms with van der Waals surface area (Å²) in [5.74, 6) is 1.28. The first-order chi connectivity index (χ1) is 14.5. The van der Waals surface area contributed by atoms with E-state index in [0.29, 0.717) is 24.4 Å². The van der Waals surface area contributed by atoms with Crippen LogP contribution >= 0.6 is 0 Å². The minimum Gasteiger partial charge on any atom is -0.487 e. The third kappa shape index (κ3) is 4.46. The van der Waals surface area contributed by atoms with Crippen LogP contribution in [-0.2, 0) is 6.42 Å². The summed E-state index contributed by atoms with van der Waals surface area (Å²) in [4.78, 5) is 18.7. The molecular weight excluding hydrogens is 376 g/mol. The van der Waals surface area contributed by atoms with Gasteiger partial charge < -0.3 is 14.7 Å². The van der Waals surface area contributed by atoms with Crippen molar-refractivity contribution in [2.24, 2.45) is 5.92 Å². The van der Waals surface area contributed by atoms with Crippen LogP contribution in [0, 0.1) is 5.92 Å². The Kier molecular flexibility index (Phi) is 6.00. The minimum absolute atomic E-state index is 0.0418. The van der Waals surface area contributed by atoms with Gasteiger partial charge in [0, 0.05) is 41.7 Å². The van der Waals surface area contributed by atoms with Crippen molar-refractivity contribution >= 4 is 16.7 Å². The van der Waals surface area contributed by atoms with E-state index in [-0.39, 0.29) is 18.6 Å². The molecule has 1 N–H and O–H groups in total. The zero-order valence-electron chi connectivity index (χ0n) is 17.5. The van der Waals surface area contributed by atoms with Crippen molar-refractivity contribution in [3.8, 4) is 5.75 Å². The molecule has 5 heteroatoms. The van der Waals surface area contributed by atoms with Gasteiger partial charge in [-0.05, 0) is 42.2 Å². The fourth-order valence-corrected chi connectivity index (χ4v) is 4.03. The molecule has 3 aromatic rings. The number of rotatable bonds is 5. The summed E-state index contributed by atoms with van der Waals surface area (Å²) in [6.07, 6.45) is 4.03. The fourth-order valence-electron chi connectivity index (χ4n) is 4.03. The van der Waals surface area contributed by atoms with Crippen LogP contribution in [0.25, 0.3) is 10.8 Å². The van der Waals surface area contributed by atoms with Gasteiger partial charge in [-0.2, -0.15) is 0 Å². The maximum atomic E-state index is 12.9. The van der Waals surface area contributed by atoms with Crippen LogP contribution in [0.3, 0.4) is 0 Å². The van der Waals surface area contributed by atoms with E-state index in [0.717, 1.165) is 22.9 Å². The Balaban J connectivity index is 1.40. The van der Waals surface area contributed by atoms with E-state index in [1.807, 2.05) is 48.5 Å². The summed E-state index contributed by atoms with van der Waals surface area (Å²) in [6, 6.07) is 15.6. The molecule has 1 amide bonds. The van der Waals surface area contributed by atoms with Gasteiger partial charge in [0.05, 0.1) is 6.54 Å². The number of piperidine rings is 1. The largest absolute Gasteiger partial charge is 0.487 e. The van der Waals surface area contributed by atoms with Gasteiger partial charge in [-0.1, -0.05) is 38.1 Å². The molecule has 1 aliphatic heterocycles. The number of fused-ring (bicyclic) bond motifs is 1. The van der Waals surface area contributed by atoms with E-state index >= 15 is 0 Å². The lowest BCUT2D eigenvalue weighted by atomic mass is 10.0. The number of hydrogen-bond acceptors (Lipinski definition) is 4. The Bertz CT molecular complexity index is 1010. The van der Waals surface area contributed by atoms with Gasteiger partial charge in [0.15, 0.2) is 0 Å². The number of benzene rings is 2. The van der Waals surface area contributed by atoms with Crippen molar-refractivity contribution in [2.45, 2.75) is 38.9 Å². The number of carbonyl (C=O) groups excluding carboxylic acids is 1. The van der Waals surface area contributed by atoms with Gasteiger partial charge in [0.1, 0.15) is 18.0 Å². The number of amides is 1. The van der Waals surface area contributed by atoms with Gasteiger partial charge in [-0.25, -0.2) is 0 Å². The number of aliphatic hydroxyl groups is 1. The summed E-state index contributed by atoms with van der Waals surface area (Å²) >= 11 is 0. The molecule has 1 fully saturated rings. The molecule has 2 aromatic carbocycles. The van der Waals surface area contributed by atoms with E-state index in [9.17, 15) is 9.90 Å². The highest BCUT2D eigenvalue weighted by Gasteiger charge is 2.32. The third-order valence-electron chi connectivity index (χ3n) is 5.57. The quantitative estimate of drug-likeness (QED) is 0.696. The van der Waals surface area contributed by atoms with Crippen molar-refractivity contribution in [3.63, 3.8) is 0 Å². The van der Waals surface area contributed by atoms with Crippen LogP contribution in [0.1, 0.15) is 36.2 Å². The van der Waals surface area contributed by atoms with E-state index < -0.39 is 6.10 Å². The molecule has 5 nitrogen and oxygen atoms in total. The second kappa shape index (κ2) is 8.84. The number of aromatic nitrogens is 1. The standard InChI is InChI=1S/C25H28N2O3/c1-17(2)14-18-6-8-19(9-7-18)25(29)27-13-11-24(22(28)16-27)30-23-5-3-4-20-15-26-12-10-21(20)23/h3-10,12,15,17,22,24,28H,11,13-14,16H2,1-2H3/t22-,24-/m1/s1. The Morgan fingerprint density at radius 3 is 2.73 bits per heavy atom. The summed E-state index contributed by atoms with van der Waals surface area (Å²) in [6.45, 7) is 5.19. The third-order valence-corrected chi connectivity index (χ3v) is 5.57. The molecule has 1 aromatic heterocycles. The second-order valence-electron chi connectivity index (χ2n) is 8.41. The number of ether oxygens (including phenoxy) is 1. The molecule has 1 saturated heterocycles. The van der Waals surface area contributed by atoms with Crippen molar-refractivity contribution in [2.75, 3.05) is 13.1 Å². The van der Waals surface area contributed by atoms with E-state index in [2.05, 4.69) is 18.8 Å². The van der Waals surface area contributed by atoms with Crippen molar-refractivity contribution in [1.29, 1.82) is 0 Å². The number of hydrogen-bond donors (Lipinski definition) is 1. The number of β-amino-alcohol motifs (C(OH)–C–C–N with tert-alkyl or cyclic N) is 1. The first-order valence-electron chi connectivity index (χ1n) is 10.6. The normalized spacial score (nSPS) is 19.3. The number of carbonyl (C=O) groups is 1. The molecule has 0 spiro atoms. The number of nitrogens with zero attached hydrogens (tertiary/aromatic N) is 2. The van der Waals surface area contributed by atoms with Gasteiger partial charge >= 0.3 is 0 Å². The summed E-state index contributed by atoms with van der Waals surface area (Å²) in [5.41, 5.74) is 1.90. The highest BCUT2D eigenvalue weighted by atomic mass is 16.5. The predicted molar refractivity (Wildman–Crippen MR) is 118 cm³/mol. The van der Waals surface area contributed by atoms with Gasteiger partial charge in [0.25, 0.3) is 5.91 Å². The Labute approximate surface area is 177 Å². The van der Waals surface area contributed by atoms with Gasteiger partial charge in [-0.15, -0.1) is 0 Å². The van der Waals surface area contributed by atoms with E-state index in [1.165, 1.54) is 5.56 Å². The van der Waals surface area contributed by atoms with Gasteiger partial charge in [-0.3, -0.25) is 9.78 Å². The summed E-state index contributed by atoms with van der Waals surface area (Å²) in [5, 5.41) is 12.7. The molecule has 30 heavy (non-hydrogen) atoms. The van der Waals surface area contributed by atoms with Crippen molar-refractivity contribution < 1.29 is 14.6 Å². The zero-order valence-corrected chi connectivity index (χ0v) is 17.5. The van der Waals surface area contributed by atoms with Gasteiger partial charge in [0.2, 0.25) is 0 Å². The van der Waals surface area contributed by atoms with Crippen LogP contribution in [-0.4, -0.2) is 46.2 Å². The maximum absolute atomic E-state index is 12.9. The highest BCUT2D eigenvalue weighted by molar-refractivity contribution is 5.94. The summed E-state index contributed by atoms with van der Waals surface area (Å²) in [7, 11) is 0. The monoisotopic (exact) mass is 404 g/mol. The van der Waals surface area contributed by atoms with Crippen LogP contribution in [0.4, 0.5) is 0 Å². The number of likely N-dealkylation sites (tertiary alicyclic amines) is 1. The highest BCUT2D eigenvalue weighted by Crippen LogP contribution is 2.28. The average molecular weight is 405 g/mol. The lowest BCUT2D eigenvalue weighted by Crippen LogP contribution is -2.51. The Morgan fingerprint density at radius 2 is 2.00 bits per heavy atom.